The molecule has 4 nitrogen and oxygen atoms in total. The zero-order chi connectivity index (χ0) is 14.0. The van der Waals surface area contributed by atoms with Crippen molar-refractivity contribution in [3.63, 3.8) is 0 Å². The minimum Gasteiger partial charge on any atom is -0.477 e. The average Bonchev–Trinajstić information content (AvgIpc) is 2.76. The number of nitrogens with zero attached hydrogens (tertiary/aromatic N) is 2. The zero-order valence-electron chi connectivity index (χ0n) is 9.55. The Balaban J connectivity index is 2.29. The molecule has 2 rings (SSSR count). The van der Waals surface area contributed by atoms with Gasteiger partial charge in [0.1, 0.15) is 5.69 Å². The van der Waals surface area contributed by atoms with Crippen molar-refractivity contribution in [2.75, 3.05) is 0 Å². The van der Waals surface area contributed by atoms with Crippen LogP contribution in [0.25, 0.3) is 0 Å². The Morgan fingerprint density at radius 1 is 1.37 bits per heavy atom. The lowest BCUT2D eigenvalue weighted by atomic mass is 10.1. The number of carboxylic acid groups (broad SMARTS) is 1. The third-order valence-corrected chi connectivity index (χ3v) is 2.54. The average molecular weight is 270 g/mol. The molecule has 0 amide bonds. The fourth-order valence-corrected chi connectivity index (χ4v) is 1.67. The Hall–Kier alpha value is -2.31. The second kappa shape index (κ2) is 4.75. The number of aromatic nitrogens is 2. The Morgan fingerprint density at radius 2 is 2.11 bits per heavy atom. The molecule has 0 fully saturated rings. The molecule has 7 heteroatoms. The molecule has 1 aromatic carbocycles. The monoisotopic (exact) mass is 270 g/mol. The zero-order valence-corrected chi connectivity index (χ0v) is 9.55. The van der Waals surface area contributed by atoms with E-state index in [4.69, 9.17) is 5.11 Å². The van der Waals surface area contributed by atoms with E-state index in [-0.39, 0.29) is 12.2 Å². The van der Waals surface area contributed by atoms with Gasteiger partial charge in [0.25, 0.3) is 0 Å². The molecule has 0 saturated heterocycles. The van der Waals surface area contributed by atoms with Crippen molar-refractivity contribution in [1.29, 1.82) is 0 Å². The molecule has 19 heavy (non-hydrogen) atoms. The van der Waals surface area contributed by atoms with E-state index in [1.165, 1.54) is 23.0 Å². The van der Waals surface area contributed by atoms with Gasteiger partial charge in [0, 0.05) is 6.54 Å². The van der Waals surface area contributed by atoms with Crippen LogP contribution in [0.5, 0.6) is 0 Å². The van der Waals surface area contributed by atoms with Crippen molar-refractivity contribution in [3.05, 3.63) is 53.6 Å². The van der Waals surface area contributed by atoms with Crippen LogP contribution in [0.15, 0.2) is 36.8 Å². The predicted molar refractivity (Wildman–Crippen MR) is 59.7 cm³/mol. The number of carboxylic acids is 1. The van der Waals surface area contributed by atoms with Crippen LogP contribution in [0, 0.1) is 0 Å². The molecule has 1 heterocycles. The summed E-state index contributed by atoms with van der Waals surface area (Å²) < 4.78 is 38.9. The minimum absolute atomic E-state index is 0.0194. The first-order chi connectivity index (χ1) is 8.88. The third-order valence-electron chi connectivity index (χ3n) is 2.54. The van der Waals surface area contributed by atoms with Gasteiger partial charge in [-0.05, 0) is 17.7 Å². The Bertz CT molecular complexity index is 605. The van der Waals surface area contributed by atoms with E-state index in [2.05, 4.69) is 4.98 Å². The van der Waals surface area contributed by atoms with Crippen LogP contribution in [-0.4, -0.2) is 20.6 Å². The molecule has 0 unspecified atom stereocenters. The van der Waals surface area contributed by atoms with Gasteiger partial charge in [-0.25, -0.2) is 9.78 Å². The van der Waals surface area contributed by atoms with Gasteiger partial charge in [-0.1, -0.05) is 12.1 Å². The summed E-state index contributed by atoms with van der Waals surface area (Å²) >= 11 is 0. The Labute approximate surface area is 106 Å². The van der Waals surface area contributed by atoms with Crippen LogP contribution >= 0.6 is 0 Å². The second-order valence-corrected chi connectivity index (χ2v) is 3.91. The van der Waals surface area contributed by atoms with Gasteiger partial charge >= 0.3 is 12.1 Å². The normalized spacial score (nSPS) is 11.5. The van der Waals surface area contributed by atoms with Gasteiger partial charge in [0.05, 0.1) is 18.1 Å². The number of hydrogen-bond acceptors (Lipinski definition) is 2. The second-order valence-electron chi connectivity index (χ2n) is 3.91. The molecule has 1 N–H and O–H groups in total. The van der Waals surface area contributed by atoms with E-state index in [9.17, 15) is 18.0 Å². The van der Waals surface area contributed by atoms with Crippen LogP contribution in [0.2, 0.25) is 0 Å². The van der Waals surface area contributed by atoms with Crippen LogP contribution in [0.3, 0.4) is 0 Å². The lowest BCUT2D eigenvalue weighted by Gasteiger charge is -2.10. The van der Waals surface area contributed by atoms with Crippen LogP contribution in [0.4, 0.5) is 13.2 Å². The number of imidazole rings is 1. The summed E-state index contributed by atoms with van der Waals surface area (Å²) in [6, 6.07) is 4.75. The van der Waals surface area contributed by atoms with Crippen LogP contribution < -0.4 is 0 Å². The lowest BCUT2D eigenvalue weighted by Crippen LogP contribution is -2.10. The number of aromatic carboxylic acids is 1. The summed E-state index contributed by atoms with van der Waals surface area (Å²) in [7, 11) is 0. The predicted octanol–water partition coefficient (Wildman–Crippen LogP) is 2.65. The van der Waals surface area contributed by atoms with Gasteiger partial charge < -0.3 is 9.67 Å². The van der Waals surface area contributed by atoms with Gasteiger partial charge in [0.2, 0.25) is 0 Å². The van der Waals surface area contributed by atoms with E-state index < -0.39 is 17.7 Å². The van der Waals surface area contributed by atoms with E-state index in [1.54, 1.807) is 0 Å². The van der Waals surface area contributed by atoms with E-state index in [0.717, 1.165) is 18.3 Å². The molecule has 0 spiro atoms. The molecule has 0 aliphatic carbocycles. The molecular weight excluding hydrogens is 261 g/mol. The highest BCUT2D eigenvalue weighted by Crippen LogP contribution is 2.29. The first kappa shape index (κ1) is 13.1. The standard InChI is InChI=1S/C12H9F3N2O2/c13-12(14,15)9-3-1-2-8(4-9)6-17-7-16-5-10(17)11(18)19/h1-5,7H,6H2,(H,18,19). The van der Waals surface area contributed by atoms with Crippen molar-refractivity contribution >= 4 is 5.97 Å². The molecule has 0 atom stereocenters. The number of carbonyl (C=O) groups is 1. The highest BCUT2D eigenvalue weighted by Gasteiger charge is 2.30. The van der Waals surface area contributed by atoms with Gasteiger partial charge in [0.15, 0.2) is 0 Å². The molecule has 0 radical (unpaired) electrons. The van der Waals surface area contributed by atoms with Crippen molar-refractivity contribution in [2.45, 2.75) is 12.7 Å². The number of rotatable bonds is 3. The minimum atomic E-state index is -4.42. The summed E-state index contributed by atoms with van der Waals surface area (Å²) in [6.07, 6.45) is -2.00. The van der Waals surface area contributed by atoms with Crippen LogP contribution in [0.1, 0.15) is 21.6 Å². The number of alkyl halides is 3. The topological polar surface area (TPSA) is 55.1 Å². The highest BCUT2D eigenvalue weighted by atomic mass is 19.4. The van der Waals surface area contributed by atoms with Crippen molar-refractivity contribution in [2.24, 2.45) is 0 Å². The smallest absolute Gasteiger partial charge is 0.416 e. The third kappa shape index (κ3) is 2.93. The maximum absolute atomic E-state index is 12.5. The quantitative estimate of drug-likeness (QED) is 0.932. The number of hydrogen-bond donors (Lipinski definition) is 1. The van der Waals surface area contributed by atoms with E-state index in [1.807, 2.05) is 0 Å². The SMILES string of the molecule is O=C(O)c1cncn1Cc1cccc(C(F)(F)F)c1. The fraction of sp³-hybridized carbons (Fsp3) is 0.167. The molecule has 0 aliphatic heterocycles. The van der Waals surface area contributed by atoms with E-state index >= 15 is 0 Å². The van der Waals surface area contributed by atoms with Crippen LogP contribution in [-0.2, 0) is 12.7 Å². The molecule has 0 bridgehead atoms. The summed E-state index contributed by atoms with van der Waals surface area (Å²) in [4.78, 5) is 14.5. The maximum atomic E-state index is 12.5. The van der Waals surface area contributed by atoms with Gasteiger partial charge in [-0.2, -0.15) is 13.2 Å². The van der Waals surface area contributed by atoms with Crippen molar-refractivity contribution < 1.29 is 23.1 Å². The van der Waals surface area contributed by atoms with Gasteiger partial charge in [-0.15, -0.1) is 0 Å². The summed E-state index contributed by atoms with van der Waals surface area (Å²) in [5.74, 6) is -1.18. The summed E-state index contributed by atoms with van der Waals surface area (Å²) in [5.41, 5.74) is -0.477. The Kier molecular flexibility index (Phi) is 3.28. The van der Waals surface area contributed by atoms with Gasteiger partial charge in [-0.3, -0.25) is 0 Å². The largest absolute Gasteiger partial charge is 0.477 e. The fourth-order valence-electron chi connectivity index (χ4n) is 1.67. The molecule has 0 saturated carbocycles. The Morgan fingerprint density at radius 3 is 2.74 bits per heavy atom. The van der Waals surface area contributed by atoms with Crippen molar-refractivity contribution in [1.82, 2.24) is 9.55 Å². The molecule has 2 aromatic rings. The lowest BCUT2D eigenvalue weighted by molar-refractivity contribution is -0.137. The van der Waals surface area contributed by atoms with E-state index in [0.29, 0.717) is 5.56 Å². The number of halogens is 3. The first-order valence-corrected chi connectivity index (χ1v) is 5.27. The summed E-state index contributed by atoms with van der Waals surface area (Å²) in [6.45, 7) is 0.0194. The molecule has 100 valence electrons. The molecular formula is C12H9F3N2O2. The summed E-state index contributed by atoms with van der Waals surface area (Å²) in [5, 5.41) is 8.88. The molecule has 1 aromatic heterocycles. The first-order valence-electron chi connectivity index (χ1n) is 5.27. The van der Waals surface area contributed by atoms with Crippen molar-refractivity contribution in [3.8, 4) is 0 Å². The highest BCUT2D eigenvalue weighted by molar-refractivity contribution is 5.85. The molecule has 0 aliphatic rings. The maximum Gasteiger partial charge on any atom is 0.416 e. The number of benzene rings is 1.